The van der Waals surface area contributed by atoms with E-state index in [2.05, 4.69) is 27.4 Å². The van der Waals surface area contributed by atoms with Gasteiger partial charge in [0.2, 0.25) is 0 Å². The SMILES string of the molecule is CCN1CCNC(NC(=O)c2c(C)nc(-c3ccccc3)nc2-c2cccc([N+](=O)[O-])c2)C1. The number of aryl methyl sites for hydroxylation is 1. The molecule has 33 heavy (non-hydrogen) atoms. The number of nitrogens with zero attached hydrogens (tertiary/aromatic N) is 4. The Morgan fingerprint density at radius 2 is 1.94 bits per heavy atom. The standard InChI is InChI=1S/C24H26N6O3/c1-3-29-13-12-25-20(15-29)27-24(31)21-16(2)26-23(17-8-5-4-6-9-17)28-22(21)18-10-7-11-19(14-18)30(32)33/h4-11,14,20,25H,3,12-13,15H2,1-2H3,(H,27,31). The van der Waals surface area contributed by atoms with Crippen molar-refractivity contribution in [3.8, 4) is 22.6 Å². The Morgan fingerprint density at radius 3 is 2.67 bits per heavy atom. The lowest BCUT2D eigenvalue weighted by Gasteiger charge is -2.33. The lowest BCUT2D eigenvalue weighted by atomic mass is 10.0. The molecule has 1 aromatic heterocycles. The highest BCUT2D eigenvalue weighted by Gasteiger charge is 2.25. The zero-order valence-electron chi connectivity index (χ0n) is 18.6. The minimum absolute atomic E-state index is 0.0658. The van der Waals surface area contributed by atoms with E-state index in [0.717, 1.165) is 25.2 Å². The summed E-state index contributed by atoms with van der Waals surface area (Å²) >= 11 is 0. The molecular formula is C24H26N6O3. The van der Waals surface area contributed by atoms with E-state index in [1.54, 1.807) is 19.1 Å². The summed E-state index contributed by atoms with van der Waals surface area (Å²) < 4.78 is 0. The van der Waals surface area contributed by atoms with Crippen LogP contribution in [0.4, 0.5) is 5.69 Å². The minimum atomic E-state index is -0.458. The number of carbonyl (C=O) groups excluding carboxylic acids is 1. The number of piperazine rings is 1. The zero-order valence-corrected chi connectivity index (χ0v) is 18.6. The van der Waals surface area contributed by atoms with E-state index in [4.69, 9.17) is 4.98 Å². The molecule has 1 saturated heterocycles. The molecule has 1 atom stereocenters. The second-order valence-electron chi connectivity index (χ2n) is 7.90. The lowest BCUT2D eigenvalue weighted by molar-refractivity contribution is -0.384. The highest BCUT2D eigenvalue weighted by atomic mass is 16.6. The van der Waals surface area contributed by atoms with Gasteiger partial charge in [-0.1, -0.05) is 49.4 Å². The highest BCUT2D eigenvalue weighted by Crippen LogP contribution is 2.29. The number of nitrogens with one attached hydrogen (secondary N) is 2. The van der Waals surface area contributed by atoms with Crippen LogP contribution in [-0.2, 0) is 0 Å². The van der Waals surface area contributed by atoms with E-state index in [9.17, 15) is 14.9 Å². The molecule has 0 radical (unpaired) electrons. The van der Waals surface area contributed by atoms with Crippen molar-refractivity contribution in [2.24, 2.45) is 0 Å². The van der Waals surface area contributed by atoms with Crippen LogP contribution < -0.4 is 10.6 Å². The van der Waals surface area contributed by atoms with Gasteiger partial charge in [0.05, 0.1) is 28.0 Å². The van der Waals surface area contributed by atoms with Gasteiger partial charge in [0, 0.05) is 42.9 Å². The average molecular weight is 447 g/mol. The van der Waals surface area contributed by atoms with Crippen LogP contribution in [0.5, 0.6) is 0 Å². The van der Waals surface area contributed by atoms with Crippen molar-refractivity contribution in [2.45, 2.75) is 20.0 Å². The van der Waals surface area contributed by atoms with Gasteiger partial charge < -0.3 is 5.32 Å². The van der Waals surface area contributed by atoms with E-state index < -0.39 is 4.92 Å². The van der Waals surface area contributed by atoms with Gasteiger partial charge in [-0.15, -0.1) is 0 Å². The van der Waals surface area contributed by atoms with Crippen molar-refractivity contribution in [1.29, 1.82) is 0 Å². The molecule has 1 unspecified atom stereocenters. The molecule has 2 heterocycles. The monoisotopic (exact) mass is 446 g/mol. The molecule has 1 amide bonds. The van der Waals surface area contributed by atoms with Crippen molar-refractivity contribution in [3.63, 3.8) is 0 Å². The number of rotatable bonds is 6. The molecule has 1 aliphatic rings. The molecule has 9 nitrogen and oxygen atoms in total. The molecule has 1 fully saturated rings. The normalized spacial score (nSPS) is 16.4. The second kappa shape index (κ2) is 9.85. The van der Waals surface area contributed by atoms with Crippen LogP contribution in [0.2, 0.25) is 0 Å². The van der Waals surface area contributed by atoms with Gasteiger partial charge in [-0.05, 0) is 13.5 Å². The Morgan fingerprint density at radius 1 is 1.18 bits per heavy atom. The van der Waals surface area contributed by atoms with Gasteiger partial charge in [-0.2, -0.15) is 0 Å². The number of non-ortho nitro benzene ring substituents is 1. The van der Waals surface area contributed by atoms with Crippen LogP contribution in [0.25, 0.3) is 22.6 Å². The first-order valence-corrected chi connectivity index (χ1v) is 10.9. The fourth-order valence-electron chi connectivity index (χ4n) is 3.96. The van der Waals surface area contributed by atoms with Gasteiger partial charge >= 0.3 is 0 Å². The molecule has 3 aromatic rings. The third-order valence-corrected chi connectivity index (χ3v) is 5.69. The Hall–Kier alpha value is -3.69. The fourth-order valence-corrected chi connectivity index (χ4v) is 3.96. The maximum atomic E-state index is 13.4. The van der Waals surface area contributed by atoms with Gasteiger partial charge in [-0.25, -0.2) is 9.97 Å². The second-order valence-corrected chi connectivity index (χ2v) is 7.90. The van der Waals surface area contributed by atoms with Gasteiger partial charge in [0.25, 0.3) is 11.6 Å². The van der Waals surface area contributed by atoms with Crippen molar-refractivity contribution in [2.75, 3.05) is 26.2 Å². The maximum Gasteiger partial charge on any atom is 0.270 e. The quantitative estimate of drug-likeness (QED) is 0.442. The molecule has 2 N–H and O–H groups in total. The molecule has 0 saturated carbocycles. The summed E-state index contributed by atoms with van der Waals surface area (Å²) in [6.45, 7) is 7.15. The molecule has 170 valence electrons. The van der Waals surface area contributed by atoms with Crippen LogP contribution in [-0.4, -0.2) is 58.0 Å². The predicted octanol–water partition coefficient (Wildman–Crippen LogP) is 3.01. The first kappa shape index (κ1) is 22.5. The van der Waals surface area contributed by atoms with Crippen molar-refractivity contribution in [1.82, 2.24) is 25.5 Å². The summed E-state index contributed by atoms with van der Waals surface area (Å²) in [6.07, 6.45) is -0.211. The maximum absolute atomic E-state index is 13.4. The zero-order chi connectivity index (χ0) is 23.4. The van der Waals surface area contributed by atoms with Gasteiger partial charge in [0.15, 0.2) is 5.82 Å². The van der Waals surface area contributed by atoms with E-state index in [1.165, 1.54) is 12.1 Å². The van der Waals surface area contributed by atoms with E-state index >= 15 is 0 Å². The number of nitro benzene ring substituents is 1. The largest absolute Gasteiger partial charge is 0.335 e. The third-order valence-electron chi connectivity index (χ3n) is 5.69. The number of amides is 1. The lowest BCUT2D eigenvalue weighted by Crippen LogP contribution is -2.58. The topological polar surface area (TPSA) is 113 Å². The van der Waals surface area contributed by atoms with Gasteiger partial charge in [-0.3, -0.25) is 25.1 Å². The Balaban J connectivity index is 1.78. The third kappa shape index (κ3) is 5.05. The predicted molar refractivity (Wildman–Crippen MR) is 126 cm³/mol. The first-order chi connectivity index (χ1) is 16.0. The Kier molecular flexibility index (Phi) is 6.71. The summed E-state index contributed by atoms with van der Waals surface area (Å²) in [6, 6.07) is 15.6. The number of aromatic nitrogens is 2. The molecular weight excluding hydrogens is 420 g/mol. The minimum Gasteiger partial charge on any atom is -0.335 e. The molecule has 4 rings (SSSR count). The fraction of sp³-hybridized carbons (Fsp3) is 0.292. The number of carbonyl (C=O) groups is 1. The molecule has 0 bridgehead atoms. The highest BCUT2D eigenvalue weighted by molar-refractivity contribution is 6.01. The van der Waals surface area contributed by atoms with Crippen LogP contribution in [0, 0.1) is 17.0 Å². The molecule has 9 heteroatoms. The number of hydrogen-bond acceptors (Lipinski definition) is 7. The van der Waals surface area contributed by atoms with Crippen molar-refractivity contribution >= 4 is 11.6 Å². The molecule has 2 aromatic carbocycles. The van der Waals surface area contributed by atoms with Crippen LogP contribution in [0.1, 0.15) is 23.0 Å². The summed E-state index contributed by atoms with van der Waals surface area (Å²) in [5.41, 5.74) is 2.40. The smallest absolute Gasteiger partial charge is 0.270 e. The van der Waals surface area contributed by atoms with Crippen molar-refractivity contribution < 1.29 is 9.72 Å². The van der Waals surface area contributed by atoms with E-state index in [0.29, 0.717) is 34.9 Å². The van der Waals surface area contributed by atoms with Gasteiger partial charge in [0.1, 0.15) is 0 Å². The van der Waals surface area contributed by atoms with Crippen LogP contribution in [0.15, 0.2) is 54.6 Å². The average Bonchev–Trinajstić information content (AvgIpc) is 2.84. The van der Waals surface area contributed by atoms with E-state index in [-0.39, 0.29) is 17.8 Å². The summed E-state index contributed by atoms with van der Waals surface area (Å²) in [4.78, 5) is 35.9. The van der Waals surface area contributed by atoms with E-state index in [1.807, 2.05) is 30.3 Å². The number of likely N-dealkylation sites (N-methyl/N-ethyl adjacent to an activating group) is 1. The summed E-state index contributed by atoms with van der Waals surface area (Å²) in [5.74, 6) is 0.142. The molecule has 1 aliphatic heterocycles. The Labute approximate surface area is 192 Å². The summed E-state index contributed by atoms with van der Waals surface area (Å²) in [7, 11) is 0. The molecule has 0 spiro atoms. The summed E-state index contributed by atoms with van der Waals surface area (Å²) in [5, 5.41) is 17.7. The Bertz CT molecular complexity index is 1170. The molecule has 0 aliphatic carbocycles. The number of nitro groups is 1. The number of benzene rings is 2. The first-order valence-electron chi connectivity index (χ1n) is 10.9. The van der Waals surface area contributed by atoms with Crippen LogP contribution >= 0.6 is 0 Å². The van der Waals surface area contributed by atoms with Crippen LogP contribution in [0.3, 0.4) is 0 Å². The number of hydrogen-bond donors (Lipinski definition) is 2. The van der Waals surface area contributed by atoms with Crippen molar-refractivity contribution in [3.05, 3.63) is 76.0 Å².